The van der Waals surface area contributed by atoms with Crippen molar-refractivity contribution in [2.75, 3.05) is 6.61 Å². The van der Waals surface area contributed by atoms with Crippen LogP contribution in [0.1, 0.15) is 138 Å². The van der Waals surface area contributed by atoms with E-state index in [1.165, 1.54) is 70.6 Å². The highest BCUT2D eigenvalue weighted by Crippen LogP contribution is 2.24. The van der Waals surface area contributed by atoms with Crippen molar-refractivity contribution < 1.29 is 23.8 Å². The van der Waals surface area contributed by atoms with Crippen LogP contribution in [0.4, 0.5) is 0 Å². The van der Waals surface area contributed by atoms with Gasteiger partial charge in [-0.3, -0.25) is 0 Å². The third kappa shape index (κ3) is 13.9. The predicted molar refractivity (Wildman–Crippen MR) is 184 cm³/mol. The Bertz CT molecular complexity index is 1250. The molecule has 0 heterocycles. The van der Waals surface area contributed by atoms with Gasteiger partial charge in [-0.25, -0.2) is 9.59 Å². The summed E-state index contributed by atoms with van der Waals surface area (Å²) in [6.45, 7) is 7.10. The van der Waals surface area contributed by atoms with Gasteiger partial charge in [0.25, 0.3) is 0 Å². The van der Waals surface area contributed by atoms with Gasteiger partial charge in [-0.1, -0.05) is 121 Å². The van der Waals surface area contributed by atoms with Gasteiger partial charge in [-0.2, -0.15) is 0 Å². The minimum Gasteiger partial charge on any atom is -0.494 e. The molecule has 5 nitrogen and oxygen atoms in total. The summed E-state index contributed by atoms with van der Waals surface area (Å²) < 4.78 is 17.1. The molecule has 45 heavy (non-hydrogen) atoms. The molecular formula is C40H54O5. The van der Waals surface area contributed by atoms with Crippen molar-refractivity contribution in [2.45, 2.75) is 123 Å². The van der Waals surface area contributed by atoms with E-state index in [2.05, 4.69) is 13.8 Å². The molecule has 0 aromatic heterocycles. The van der Waals surface area contributed by atoms with Gasteiger partial charge in [-0.15, -0.1) is 0 Å². The van der Waals surface area contributed by atoms with Crippen molar-refractivity contribution in [1.82, 2.24) is 0 Å². The second-order valence-corrected chi connectivity index (χ2v) is 12.1. The number of hydrogen-bond acceptors (Lipinski definition) is 5. The van der Waals surface area contributed by atoms with E-state index in [0.717, 1.165) is 49.2 Å². The van der Waals surface area contributed by atoms with Gasteiger partial charge < -0.3 is 14.2 Å². The fourth-order valence-electron chi connectivity index (χ4n) is 5.34. The number of hydrogen-bond donors (Lipinski definition) is 0. The van der Waals surface area contributed by atoms with Crippen molar-refractivity contribution in [2.24, 2.45) is 0 Å². The summed E-state index contributed by atoms with van der Waals surface area (Å²) in [5.74, 6) is 0.299. The molecule has 3 aromatic carbocycles. The maximum Gasteiger partial charge on any atom is 0.343 e. The first kappa shape index (κ1) is 35.9. The summed E-state index contributed by atoms with van der Waals surface area (Å²) >= 11 is 0. The molecule has 0 saturated heterocycles. The number of ether oxygens (including phenoxy) is 3. The summed E-state index contributed by atoms with van der Waals surface area (Å²) in [4.78, 5) is 25.4. The molecule has 0 aliphatic carbocycles. The summed E-state index contributed by atoms with van der Waals surface area (Å²) in [6, 6.07) is 22.0. The fraction of sp³-hybridized carbons (Fsp3) is 0.500. The van der Waals surface area contributed by atoms with E-state index in [1.807, 2.05) is 43.3 Å². The van der Waals surface area contributed by atoms with E-state index in [4.69, 9.17) is 14.2 Å². The molecule has 5 heteroatoms. The number of rotatable bonds is 22. The van der Waals surface area contributed by atoms with Crippen molar-refractivity contribution in [3.8, 4) is 22.6 Å². The Kier molecular flexibility index (Phi) is 16.9. The van der Waals surface area contributed by atoms with Gasteiger partial charge in [0.05, 0.1) is 23.8 Å². The molecule has 3 aromatic rings. The number of carbonyl (C=O) groups is 2. The zero-order valence-corrected chi connectivity index (χ0v) is 27.9. The molecule has 1 atom stereocenters. The van der Waals surface area contributed by atoms with Crippen LogP contribution in [0.15, 0.2) is 72.8 Å². The summed E-state index contributed by atoms with van der Waals surface area (Å²) in [7, 11) is 0. The first-order valence-corrected chi connectivity index (χ1v) is 17.4. The Labute approximate surface area is 271 Å². The van der Waals surface area contributed by atoms with E-state index in [-0.39, 0.29) is 6.10 Å². The maximum atomic E-state index is 12.8. The lowest BCUT2D eigenvalue weighted by Gasteiger charge is -2.13. The molecule has 0 fully saturated rings. The molecule has 0 N–H and O–H groups in total. The van der Waals surface area contributed by atoms with Crippen LogP contribution >= 0.6 is 0 Å². The zero-order valence-electron chi connectivity index (χ0n) is 27.9. The molecule has 0 saturated carbocycles. The number of benzene rings is 3. The second kappa shape index (κ2) is 21.2. The maximum absolute atomic E-state index is 12.8. The van der Waals surface area contributed by atoms with Crippen LogP contribution in [-0.4, -0.2) is 24.6 Å². The lowest BCUT2D eigenvalue weighted by Crippen LogP contribution is -2.15. The Morgan fingerprint density at radius 1 is 0.578 bits per heavy atom. The van der Waals surface area contributed by atoms with Gasteiger partial charge in [0.2, 0.25) is 0 Å². The smallest absolute Gasteiger partial charge is 0.343 e. The lowest BCUT2D eigenvalue weighted by atomic mass is 10.0. The van der Waals surface area contributed by atoms with Gasteiger partial charge in [0, 0.05) is 0 Å². The van der Waals surface area contributed by atoms with Gasteiger partial charge >= 0.3 is 11.9 Å². The topological polar surface area (TPSA) is 61.8 Å². The van der Waals surface area contributed by atoms with Crippen LogP contribution < -0.4 is 9.47 Å². The molecule has 0 unspecified atom stereocenters. The predicted octanol–water partition coefficient (Wildman–Crippen LogP) is 11.4. The molecule has 0 aliphatic heterocycles. The number of unbranched alkanes of at least 4 members (excludes halogenated alkanes) is 12. The van der Waals surface area contributed by atoms with Crippen molar-refractivity contribution in [3.05, 3.63) is 83.9 Å². The largest absolute Gasteiger partial charge is 0.494 e. The zero-order chi connectivity index (χ0) is 32.1. The van der Waals surface area contributed by atoms with Gasteiger partial charge in [0.1, 0.15) is 11.5 Å². The van der Waals surface area contributed by atoms with E-state index in [1.54, 1.807) is 36.4 Å². The summed E-state index contributed by atoms with van der Waals surface area (Å²) in [5, 5.41) is 0. The third-order valence-electron chi connectivity index (χ3n) is 8.13. The Hall–Kier alpha value is -3.60. The van der Waals surface area contributed by atoms with Crippen LogP contribution in [-0.2, 0) is 4.74 Å². The van der Waals surface area contributed by atoms with E-state index in [9.17, 15) is 9.59 Å². The van der Waals surface area contributed by atoms with Crippen LogP contribution in [0.5, 0.6) is 11.5 Å². The Morgan fingerprint density at radius 3 is 1.76 bits per heavy atom. The SMILES string of the molecule is CCCCCCCCCCCCOc1ccc(-c2ccc(C(=O)Oc3cccc(C(=O)O[C@@H](C)CCCCCC)c3)cc2)cc1. The summed E-state index contributed by atoms with van der Waals surface area (Å²) in [6.07, 6.45) is 18.4. The standard InChI is InChI=1S/C40H54O5/c1-4-6-8-10-11-12-13-14-15-17-30-43-37-28-26-34(27-29-37)33-22-24-35(25-23-33)39(41)45-38-21-18-20-36(31-38)40(42)44-32(3)19-16-9-7-5-2/h18,20-29,31-32H,4-17,19,30H2,1-3H3/t32-/m0/s1. The van der Waals surface area contributed by atoms with E-state index in [0.29, 0.717) is 16.9 Å². The fourth-order valence-corrected chi connectivity index (χ4v) is 5.34. The quantitative estimate of drug-likeness (QED) is 0.0640. The molecule has 0 bridgehead atoms. The van der Waals surface area contributed by atoms with E-state index >= 15 is 0 Å². The minimum atomic E-state index is -0.480. The van der Waals surface area contributed by atoms with Crippen LogP contribution in [0.2, 0.25) is 0 Å². The van der Waals surface area contributed by atoms with Gasteiger partial charge in [-0.05, 0) is 79.8 Å². The monoisotopic (exact) mass is 614 g/mol. The number of carbonyl (C=O) groups excluding carboxylic acids is 2. The Balaban J connectivity index is 1.40. The third-order valence-corrected chi connectivity index (χ3v) is 8.13. The first-order chi connectivity index (χ1) is 22.0. The normalized spacial score (nSPS) is 11.6. The highest BCUT2D eigenvalue weighted by atomic mass is 16.5. The van der Waals surface area contributed by atoms with Crippen LogP contribution in [0.25, 0.3) is 11.1 Å². The molecule has 3 rings (SSSR count). The highest BCUT2D eigenvalue weighted by Gasteiger charge is 2.15. The molecule has 0 radical (unpaired) electrons. The van der Waals surface area contributed by atoms with Crippen LogP contribution in [0.3, 0.4) is 0 Å². The average molecular weight is 615 g/mol. The second-order valence-electron chi connectivity index (χ2n) is 12.1. The van der Waals surface area contributed by atoms with Crippen molar-refractivity contribution in [3.63, 3.8) is 0 Å². The molecule has 244 valence electrons. The molecule has 0 spiro atoms. The first-order valence-electron chi connectivity index (χ1n) is 17.4. The summed E-state index contributed by atoms with van der Waals surface area (Å²) in [5.41, 5.74) is 2.85. The van der Waals surface area contributed by atoms with Crippen LogP contribution in [0, 0.1) is 0 Å². The molecule has 0 aliphatic rings. The molecule has 0 amide bonds. The highest BCUT2D eigenvalue weighted by molar-refractivity contribution is 5.93. The van der Waals surface area contributed by atoms with Crippen molar-refractivity contribution >= 4 is 11.9 Å². The Morgan fingerprint density at radius 2 is 1.13 bits per heavy atom. The lowest BCUT2D eigenvalue weighted by molar-refractivity contribution is 0.0318. The van der Waals surface area contributed by atoms with E-state index < -0.39 is 11.9 Å². The molecular weight excluding hydrogens is 560 g/mol. The van der Waals surface area contributed by atoms with Gasteiger partial charge in [0.15, 0.2) is 0 Å². The number of esters is 2. The average Bonchev–Trinajstić information content (AvgIpc) is 3.06. The minimum absolute atomic E-state index is 0.155. The van der Waals surface area contributed by atoms with Crippen molar-refractivity contribution in [1.29, 1.82) is 0 Å².